The maximum atomic E-state index is 8.76. The van der Waals surface area contributed by atoms with Crippen molar-refractivity contribution >= 4 is 15.9 Å². The number of hydrogen-bond donors (Lipinski definition) is 1. The van der Waals surface area contributed by atoms with Gasteiger partial charge in [0.15, 0.2) is 0 Å². The van der Waals surface area contributed by atoms with E-state index in [9.17, 15) is 0 Å². The Hall–Kier alpha value is -2.46. The Morgan fingerprint density at radius 3 is 2.95 bits per heavy atom. The van der Waals surface area contributed by atoms with Crippen molar-refractivity contribution in [3.05, 3.63) is 40.6 Å². The molecule has 0 saturated carbocycles. The SMILES string of the molecule is N#Cc1c[nH]c(-c2nc(-c3ccc(Br)cn3)no2)c1. The lowest BCUT2D eigenvalue weighted by Gasteiger charge is -1.92. The van der Waals surface area contributed by atoms with E-state index < -0.39 is 0 Å². The monoisotopic (exact) mass is 315 g/mol. The molecule has 3 rings (SSSR count). The number of halogens is 1. The summed E-state index contributed by atoms with van der Waals surface area (Å²) in [5.74, 6) is 0.719. The fraction of sp³-hybridized carbons (Fsp3) is 0. The van der Waals surface area contributed by atoms with Crippen LogP contribution in [0.2, 0.25) is 0 Å². The van der Waals surface area contributed by atoms with Crippen LogP contribution < -0.4 is 0 Å². The molecule has 0 aliphatic heterocycles. The molecule has 7 heteroatoms. The van der Waals surface area contributed by atoms with Gasteiger partial charge in [0.2, 0.25) is 5.82 Å². The Kier molecular flexibility index (Phi) is 2.85. The Bertz CT molecular complexity index is 753. The van der Waals surface area contributed by atoms with Crippen LogP contribution in [0.15, 0.2) is 39.6 Å². The largest absolute Gasteiger partial charge is 0.356 e. The zero-order chi connectivity index (χ0) is 13.2. The minimum absolute atomic E-state index is 0.321. The van der Waals surface area contributed by atoms with Crippen molar-refractivity contribution in [1.29, 1.82) is 5.26 Å². The van der Waals surface area contributed by atoms with Crippen molar-refractivity contribution in [3.63, 3.8) is 0 Å². The van der Waals surface area contributed by atoms with Gasteiger partial charge in [0.05, 0.1) is 5.56 Å². The Morgan fingerprint density at radius 2 is 2.26 bits per heavy atom. The maximum absolute atomic E-state index is 8.76. The smallest absolute Gasteiger partial charge is 0.274 e. The second kappa shape index (κ2) is 4.66. The first-order valence-electron chi connectivity index (χ1n) is 5.31. The van der Waals surface area contributed by atoms with Gasteiger partial charge in [-0.1, -0.05) is 5.16 Å². The number of aromatic amines is 1. The summed E-state index contributed by atoms with van der Waals surface area (Å²) in [5.41, 5.74) is 1.73. The van der Waals surface area contributed by atoms with Gasteiger partial charge in [0, 0.05) is 16.9 Å². The van der Waals surface area contributed by atoms with E-state index in [4.69, 9.17) is 9.78 Å². The van der Waals surface area contributed by atoms with Crippen LogP contribution >= 0.6 is 15.9 Å². The summed E-state index contributed by atoms with van der Waals surface area (Å²) < 4.78 is 6.02. The zero-order valence-corrected chi connectivity index (χ0v) is 11.0. The highest BCUT2D eigenvalue weighted by molar-refractivity contribution is 9.10. The first-order valence-corrected chi connectivity index (χ1v) is 6.10. The Balaban J connectivity index is 1.95. The van der Waals surface area contributed by atoms with E-state index >= 15 is 0 Å². The van der Waals surface area contributed by atoms with Crippen molar-refractivity contribution in [2.24, 2.45) is 0 Å². The van der Waals surface area contributed by atoms with Crippen LogP contribution in [-0.4, -0.2) is 20.1 Å². The van der Waals surface area contributed by atoms with Gasteiger partial charge in [-0.2, -0.15) is 10.2 Å². The lowest BCUT2D eigenvalue weighted by Crippen LogP contribution is -1.85. The van der Waals surface area contributed by atoms with Crippen LogP contribution in [0.1, 0.15) is 5.56 Å². The van der Waals surface area contributed by atoms with E-state index in [0.29, 0.717) is 28.7 Å². The fourth-order valence-electron chi connectivity index (χ4n) is 1.53. The lowest BCUT2D eigenvalue weighted by molar-refractivity contribution is 0.431. The average molecular weight is 316 g/mol. The minimum Gasteiger partial charge on any atom is -0.356 e. The van der Waals surface area contributed by atoms with E-state index in [1.165, 1.54) is 0 Å². The van der Waals surface area contributed by atoms with Gasteiger partial charge < -0.3 is 9.51 Å². The lowest BCUT2D eigenvalue weighted by atomic mass is 10.3. The molecule has 0 saturated heterocycles. The molecule has 1 N–H and O–H groups in total. The number of rotatable bonds is 2. The molecule has 0 aromatic carbocycles. The van der Waals surface area contributed by atoms with Crippen molar-refractivity contribution in [3.8, 4) is 29.2 Å². The molecule has 0 amide bonds. The molecular weight excluding hydrogens is 310 g/mol. The van der Waals surface area contributed by atoms with E-state index in [-0.39, 0.29) is 0 Å². The third kappa shape index (κ3) is 2.26. The predicted molar refractivity (Wildman–Crippen MR) is 69.7 cm³/mol. The Morgan fingerprint density at radius 1 is 1.37 bits per heavy atom. The summed E-state index contributed by atoms with van der Waals surface area (Å²) in [5, 5.41) is 12.6. The standard InChI is InChI=1S/C12H6BrN5O/c13-8-1-2-9(16-6-8)11-17-12(19-18-11)10-3-7(4-14)5-15-10/h1-3,5-6,15H. The van der Waals surface area contributed by atoms with Crippen molar-refractivity contribution in [1.82, 2.24) is 20.1 Å². The van der Waals surface area contributed by atoms with Gasteiger partial charge in [-0.15, -0.1) is 0 Å². The number of H-pyrrole nitrogens is 1. The van der Waals surface area contributed by atoms with Gasteiger partial charge in [0.1, 0.15) is 17.5 Å². The summed E-state index contributed by atoms with van der Waals surface area (Å²) in [6, 6.07) is 7.30. The van der Waals surface area contributed by atoms with Crippen LogP contribution in [0.4, 0.5) is 0 Å². The first kappa shape index (κ1) is 11.6. The van der Waals surface area contributed by atoms with Crippen molar-refractivity contribution in [2.75, 3.05) is 0 Å². The molecular formula is C12H6BrN5O. The zero-order valence-electron chi connectivity index (χ0n) is 9.46. The summed E-state index contributed by atoms with van der Waals surface area (Å²) >= 11 is 3.31. The number of nitrogens with one attached hydrogen (secondary N) is 1. The molecule has 0 atom stereocenters. The molecule has 3 aromatic rings. The molecule has 0 aliphatic carbocycles. The number of pyridine rings is 1. The average Bonchev–Trinajstić information content (AvgIpc) is 3.08. The fourth-order valence-corrected chi connectivity index (χ4v) is 1.76. The molecule has 0 bridgehead atoms. The van der Waals surface area contributed by atoms with E-state index in [1.54, 1.807) is 24.5 Å². The highest BCUT2D eigenvalue weighted by Gasteiger charge is 2.13. The molecule has 0 spiro atoms. The van der Waals surface area contributed by atoms with Crippen molar-refractivity contribution < 1.29 is 4.52 Å². The van der Waals surface area contributed by atoms with Crippen LogP contribution in [0, 0.1) is 11.3 Å². The molecule has 3 heterocycles. The molecule has 0 fully saturated rings. The normalized spacial score (nSPS) is 10.3. The second-order valence-electron chi connectivity index (χ2n) is 3.70. The van der Waals surface area contributed by atoms with E-state index in [2.05, 4.69) is 36.0 Å². The third-order valence-corrected chi connectivity index (χ3v) is 2.89. The van der Waals surface area contributed by atoms with Gasteiger partial charge in [-0.3, -0.25) is 4.98 Å². The number of aromatic nitrogens is 4. The third-order valence-electron chi connectivity index (χ3n) is 2.43. The summed E-state index contributed by atoms with van der Waals surface area (Å²) in [7, 11) is 0. The van der Waals surface area contributed by atoms with E-state index in [1.807, 2.05) is 12.1 Å². The summed E-state index contributed by atoms with van der Waals surface area (Å²) in [6.45, 7) is 0. The van der Waals surface area contributed by atoms with Gasteiger partial charge in [0.25, 0.3) is 5.89 Å². The second-order valence-corrected chi connectivity index (χ2v) is 4.61. The molecule has 19 heavy (non-hydrogen) atoms. The molecule has 3 aromatic heterocycles. The highest BCUT2D eigenvalue weighted by Crippen LogP contribution is 2.21. The number of hydrogen-bond acceptors (Lipinski definition) is 5. The molecule has 0 unspecified atom stereocenters. The van der Waals surface area contributed by atoms with Gasteiger partial charge >= 0.3 is 0 Å². The van der Waals surface area contributed by atoms with Gasteiger partial charge in [-0.25, -0.2) is 0 Å². The minimum atomic E-state index is 0.321. The number of nitriles is 1. The summed E-state index contributed by atoms with van der Waals surface area (Å²) in [6.07, 6.45) is 3.24. The Labute approximate surface area is 116 Å². The van der Waals surface area contributed by atoms with Gasteiger partial charge in [-0.05, 0) is 34.1 Å². The topological polar surface area (TPSA) is 91.4 Å². The van der Waals surface area contributed by atoms with Crippen LogP contribution in [0.25, 0.3) is 23.1 Å². The van der Waals surface area contributed by atoms with Crippen molar-refractivity contribution in [2.45, 2.75) is 0 Å². The van der Waals surface area contributed by atoms with E-state index in [0.717, 1.165) is 4.47 Å². The predicted octanol–water partition coefficient (Wildman–Crippen LogP) is 2.76. The summed E-state index contributed by atoms with van der Waals surface area (Å²) in [4.78, 5) is 11.3. The van der Waals surface area contributed by atoms with Crippen LogP contribution in [0.3, 0.4) is 0 Å². The molecule has 0 radical (unpaired) electrons. The van der Waals surface area contributed by atoms with Crippen LogP contribution in [0.5, 0.6) is 0 Å². The maximum Gasteiger partial charge on any atom is 0.274 e. The first-order chi connectivity index (χ1) is 9.26. The highest BCUT2D eigenvalue weighted by atomic mass is 79.9. The van der Waals surface area contributed by atoms with Crippen LogP contribution in [-0.2, 0) is 0 Å². The number of nitrogens with zero attached hydrogens (tertiary/aromatic N) is 4. The molecule has 92 valence electrons. The molecule has 0 aliphatic rings. The quantitative estimate of drug-likeness (QED) is 0.785. The molecule has 6 nitrogen and oxygen atoms in total.